The fourth-order valence-corrected chi connectivity index (χ4v) is 4.88. The first-order valence-corrected chi connectivity index (χ1v) is 10.1. The maximum absolute atomic E-state index is 4.54. The molecule has 5 rings (SSSR count). The Labute approximate surface area is 162 Å². The molecule has 0 saturated heterocycles. The van der Waals surface area contributed by atoms with Crippen molar-refractivity contribution in [2.45, 2.75) is 25.7 Å². The van der Waals surface area contributed by atoms with E-state index in [2.05, 4.69) is 57.0 Å². The molecule has 0 unspecified atom stereocenters. The van der Waals surface area contributed by atoms with Crippen LogP contribution in [-0.2, 0) is 12.8 Å². The summed E-state index contributed by atoms with van der Waals surface area (Å²) in [6.07, 6.45) is 6.52. The van der Waals surface area contributed by atoms with Gasteiger partial charge in [-0.15, -0.1) is 11.3 Å². The number of hydrogen-bond acceptors (Lipinski definition) is 5. The second kappa shape index (κ2) is 7.00. The largest absolute Gasteiger partial charge is 0.356 e. The van der Waals surface area contributed by atoms with Crippen LogP contribution in [0.1, 0.15) is 23.3 Å². The molecule has 5 heteroatoms. The first kappa shape index (κ1) is 16.3. The Balaban J connectivity index is 1.41. The maximum atomic E-state index is 4.54. The standard InChI is InChI=1S/C22H20N4S/c1-2-6-15(7-3-1)25-16-10-12-17(13-11-16)26-21-20-18-8-4-5-9-19(18)27-22(20)24-14-23-21/h1-3,6-7,10-14,25H,4-5,8-9H2,(H,23,24,26). The molecule has 0 aliphatic heterocycles. The van der Waals surface area contributed by atoms with Gasteiger partial charge in [0.15, 0.2) is 0 Å². The minimum Gasteiger partial charge on any atom is -0.356 e. The molecular weight excluding hydrogens is 352 g/mol. The van der Waals surface area contributed by atoms with E-state index < -0.39 is 0 Å². The highest BCUT2D eigenvalue weighted by atomic mass is 32.1. The quantitative estimate of drug-likeness (QED) is 0.457. The number of fused-ring (bicyclic) bond motifs is 3. The second-order valence-electron chi connectivity index (χ2n) is 6.81. The van der Waals surface area contributed by atoms with Crippen molar-refractivity contribution < 1.29 is 0 Å². The Morgan fingerprint density at radius 2 is 1.44 bits per heavy atom. The number of nitrogens with zero attached hydrogens (tertiary/aromatic N) is 2. The molecule has 2 heterocycles. The third-order valence-electron chi connectivity index (χ3n) is 4.96. The molecule has 1 aliphatic carbocycles. The zero-order chi connectivity index (χ0) is 18.1. The van der Waals surface area contributed by atoms with Crippen LogP contribution in [0.5, 0.6) is 0 Å². The van der Waals surface area contributed by atoms with Gasteiger partial charge in [-0.3, -0.25) is 0 Å². The van der Waals surface area contributed by atoms with Crippen LogP contribution in [0.25, 0.3) is 10.2 Å². The summed E-state index contributed by atoms with van der Waals surface area (Å²) in [6.45, 7) is 0. The van der Waals surface area contributed by atoms with E-state index in [-0.39, 0.29) is 0 Å². The number of rotatable bonds is 4. The molecule has 1 aliphatic rings. The van der Waals surface area contributed by atoms with Gasteiger partial charge in [-0.1, -0.05) is 18.2 Å². The Bertz CT molecular complexity index is 1070. The van der Waals surface area contributed by atoms with Gasteiger partial charge in [-0.2, -0.15) is 0 Å². The van der Waals surface area contributed by atoms with Crippen LogP contribution in [0, 0.1) is 0 Å². The zero-order valence-electron chi connectivity index (χ0n) is 14.9. The lowest BCUT2D eigenvalue weighted by atomic mass is 9.97. The number of benzene rings is 2. The number of anilines is 4. The normalized spacial score (nSPS) is 13.3. The molecule has 4 aromatic rings. The van der Waals surface area contributed by atoms with E-state index >= 15 is 0 Å². The maximum Gasteiger partial charge on any atom is 0.142 e. The molecule has 0 fully saturated rings. The molecule has 0 radical (unpaired) electrons. The third-order valence-corrected chi connectivity index (χ3v) is 6.16. The molecule has 4 nitrogen and oxygen atoms in total. The van der Waals surface area contributed by atoms with Crippen LogP contribution < -0.4 is 10.6 Å². The molecule has 2 aromatic carbocycles. The highest BCUT2D eigenvalue weighted by Crippen LogP contribution is 2.38. The minimum atomic E-state index is 0.920. The van der Waals surface area contributed by atoms with Crippen LogP contribution in [-0.4, -0.2) is 9.97 Å². The highest BCUT2D eigenvalue weighted by Gasteiger charge is 2.19. The number of para-hydroxylation sites is 1. The first-order valence-electron chi connectivity index (χ1n) is 9.31. The number of thiophene rings is 1. The lowest BCUT2D eigenvalue weighted by Gasteiger charge is -2.13. The van der Waals surface area contributed by atoms with Crippen molar-refractivity contribution in [2.24, 2.45) is 0 Å². The van der Waals surface area contributed by atoms with Gasteiger partial charge in [-0.25, -0.2) is 9.97 Å². The summed E-state index contributed by atoms with van der Waals surface area (Å²) in [6, 6.07) is 18.5. The van der Waals surface area contributed by atoms with Gasteiger partial charge in [0, 0.05) is 21.9 Å². The summed E-state index contributed by atoms with van der Waals surface area (Å²) < 4.78 is 0. The van der Waals surface area contributed by atoms with Crippen molar-refractivity contribution in [1.82, 2.24) is 9.97 Å². The zero-order valence-corrected chi connectivity index (χ0v) is 15.7. The molecule has 2 N–H and O–H groups in total. The first-order chi connectivity index (χ1) is 13.4. The lowest BCUT2D eigenvalue weighted by Crippen LogP contribution is -2.01. The Kier molecular flexibility index (Phi) is 4.22. The molecule has 0 saturated carbocycles. The van der Waals surface area contributed by atoms with Crippen molar-refractivity contribution in [1.29, 1.82) is 0 Å². The number of nitrogens with one attached hydrogen (secondary N) is 2. The van der Waals surface area contributed by atoms with Crippen LogP contribution in [0.15, 0.2) is 60.9 Å². The van der Waals surface area contributed by atoms with Gasteiger partial charge in [0.2, 0.25) is 0 Å². The van der Waals surface area contributed by atoms with Crippen molar-refractivity contribution in [3.8, 4) is 0 Å². The lowest BCUT2D eigenvalue weighted by molar-refractivity contribution is 0.700. The predicted molar refractivity (Wildman–Crippen MR) is 114 cm³/mol. The Morgan fingerprint density at radius 1 is 0.741 bits per heavy atom. The van der Waals surface area contributed by atoms with E-state index in [1.54, 1.807) is 6.33 Å². The van der Waals surface area contributed by atoms with Gasteiger partial charge >= 0.3 is 0 Å². The summed E-state index contributed by atoms with van der Waals surface area (Å²) in [7, 11) is 0. The van der Waals surface area contributed by atoms with E-state index in [9.17, 15) is 0 Å². The van der Waals surface area contributed by atoms with E-state index in [0.29, 0.717) is 0 Å². The number of hydrogen-bond donors (Lipinski definition) is 2. The average molecular weight is 372 g/mol. The van der Waals surface area contributed by atoms with E-state index in [4.69, 9.17) is 0 Å². The number of aryl methyl sites for hydroxylation is 2. The van der Waals surface area contributed by atoms with E-state index in [1.165, 1.54) is 35.1 Å². The molecule has 0 spiro atoms. The predicted octanol–water partition coefficient (Wildman–Crippen LogP) is 6.06. The van der Waals surface area contributed by atoms with Crippen LogP contribution >= 0.6 is 11.3 Å². The van der Waals surface area contributed by atoms with Gasteiger partial charge in [0.05, 0.1) is 5.39 Å². The monoisotopic (exact) mass is 372 g/mol. The molecule has 134 valence electrons. The van der Waals surface area contributed by atoms with Crippen LogP contribution in [0.2, 0.25) is 0 Å². The van der Waals surface area contributed by atoms with Crippen molar-refractivity contribution >= 4 is 44.4 Å². The molecule has 2 aromatic heterocycles. The second-order valence-corrected chi connectivity index (χ2v) is 7.89. The topological polar surface area (TPSA) is 49.8 Å². The molecule has 0 bridgehead atoms. The number of aromatic nitrogens is 2. The highest BCUT2D eigenvalue weighted by molar-refractivity contribution is 7.19. The van der Waals surface area contributed by atoms with Gasteiger partial charge < -0.3 is 10.6 Å². The SMILES string of the molecule is c1ccc(Nc2ccc(Nc3ncnc4sc5c(c34)CCCC5)cc2)cc1. The van der Waals surface area contributed by atoms with Crippen LogP contribution in [0.3, 0.4) is 0 Å². The molecule has 0 atom stereocenters. The van der Waals surface area contributed by atoms with Gasteiger partial charge in [-0.05, 0) is 67.6 Å². The van der Waals surface area contributed by atoms with Gasteiger partial charge in [0.25, 0.3) is 0 Å². The Hall–Kier alpha value is -2.92. The summed E-state index contributed by atoms with van der Waals surface area (Å²) in [5.41, 5.74) is 4.63. The van der Waals surface area contributed by atoms with E-state index in [0.717, 1.165) is 34.1 Å². The van der Waals surface area contributed by atoms with Gasteiger partial charge in [0.1, 0.15) is 17.0 Å². The molecule has 0 amide bonds. The third kappa shape index (κ3) is 3.26. The summed E-state index contributed by atoms with van der Waals surface area (Å²) in [5.74, 6) is 0.920. The summed E-state index contributed by atoms with van der Waals surface area (Å²) in [5, 5.41) is 8.12. The van der Waals surface area contributed by atoms with E-state index in [1.807, 2.05) is 29.5 Å². The van der Waals surface area contributed by atoms with Crippen molar-refractivity contribution in [2.75, 3.05) is 10.6 Å². The van der Waals surface area contributed by atoms with Crippen LogP contribution in [0.4, 0.5) is 22.9 Å². The van der Waals surface area contributed by atoms with Crippen molar-refractivity contribution in [3.63, 3.8) is 0 Å². The summed E-state index contributed by atoms with van der Waals surface area (Å²) >= 11 is 1.83. The Morgan fingerprint density at radius 3 is 2.26 bits per heavy atom. The fourth-order valence-electron chi connectivity index (χ4n) is 3.65. The minimum absolute atomic E-state index is 0.920. The molecular formula is C22H20N4S. The molecule has 27 heavy (non-hydrogen) atoms. The fraction of sp³-hybridized carbons (Fsp3) is 0.182. The summed E-state index contributed by atoms with van der Waals surface area (Å²) in [4.78, 5) is 11.6. The smallest absolute Gasteiger partial charge is 0.142 e. The average Bonchev–Trinajstić information content (AvgIpc) is 3.10. The van der Waals surface area contributed by atoms with Crippen molar-refractivity contribution in [3.05, 3.63) is 71.4 Å².